The number of carbonyl (C=O) groups is 2. The van der Waals surface area contributed by atoms with Crippen molar-refractivity contribution in [2.75, 3.05) is 0 Å². The standard InChI is InChI=1S/C18H29NO5/c1-7-8-9-10-18(6,14(20)21)15(22)24-13-11-16(2,3)19(23)17(4,5)12-13/h7-10,13,23H,11-12H2,1-6H3,(H,20,21)/b8-7-,10-9-. The molecule has 0 amide bonds. The van der Waals surface area contributed by atoms with Crippen LogP contribution in [-0.2, 0) is 14.3 Å². The van der Waals surface area contributed by atoms with Crippen LogP contribution in [0.5, 0.6) is 0 Å². The molecule has 1 unspecified atom stereocenters. The molecule has 136 valence electrons. The van der Waals surface area contributed by atoms with Gasteiger partial charge in [0.15, 0.2) is 5.41 Å². The normalized spacial score (nSPS) is 24.1. The molecule has 0 aliphatic carbocycles. The van der Waals surface area contributed by atoms with Gasteiger partial charge in [-0.1, -0.05) is 24.3 Å². The number of hydroxylamine groups is 2. The van der Waals surface area contributed by atoms with E-state index in [1.54, 1.807) is 19.1 Å². The van der Waals surface area contributed by atoms with E-state index in [4.69, 9.17) is 4.74 Å². The summed E-state index contributed by atoms with van der Waals surface area (Å²) in [4.78, 5) is 24.1. The Hall–Kier alpha value is -1.66. The number of carboxylic acids is 1. The van der Waals surface area contributed by atoms with Crippen LogP contribution >= 0.6 is 0 Å². The second kappa shape index (κ2) is 7.07. The third kappa shape index (κ3) is 4.24. The minimum Gasteiger partial charge on any atom is -0.480 e. The second-order valence-corrected chi connectivity index (χ2v) is 7.76. The Morgan fingerprint density at radius 3 is 2.08 bits per heavy atom. The maximum Gasteiger partial charge on any atom is 0.327 e. The first-order valence-corrected chi connectivity index (χ1v) is 8.11. The quantitative estimate of drug-likeness (QED) is 0.454. The highest BCUT2D eigenvalue weighted by atomic mass is 16.6. The lowest BCUT2D eigenvalue weighted by Gasteiger charge is -2.51. The average Bonchev–Trinajstić information content (AvgIpc) is 2.43. The molecule has 1 rings (SSSR count). The molecule has 0 aromatic rings. The van der Waals surface area contributed by atoms with Gasteiger partial charge < -0.3 is 15.1 Å². The highest BCUT2D eigenvalue weighted by Crippen LogP contribution is 2.38. The first-order valence-electron chi connectivity index (χ1n) is 8.11. The summed E-state index contributed by atoms with van der Waals surface area (Å²) < 4.78 is 5.54. The SMILES string of the molecule is C/C=C\C=C/C(C)(C(=O)O)C(=O)OC1CC(C)(C)N(O)C(C)(C)C1. The maximum absolute atomic E-state index is 12.5. The molecule has 2 N–H and O–H groups in total. The van der Waals surface area contributed by atoms with Gasteiger partial charge in [0.2, 0.25) is 0 Å². The van der Waals surface area contributed by atoms with Crippen molar-refractivity contribution in [1.82, 2.24) is 5.06 Å². The van der Waals surface area contributed by atoms with Gasteiger partial charge in [-0.3, -0.25) is 9.59 Å². The molecule has 6 heteroatoms. The molecule has 1 aliphatic heterocycles. The minimum absolute atomic E-state index is 0.424. The molecule has 1 heterocycles. The first kappa shape index (κ1) is 20.4. The number of ether oxygens (including phenoxy) is 1. The molecule has 0 aromatic heterocycles. The molecular weight excluding hydrogens is 310 g/mol. The van der Waals surface area contributed by atoms with Crippen LogP contribution in [0, 0.1) is 5.41 Å². The number of rotatable bonds is 5. The summed E-state index contributed by atoms with van der Waals surface area (Å²) in [7, 11) is 0. The number of nitrogens with zero attached hydrogens (tertiary/aromatic N) is 1. The molecule has 1 saturated heterocycles. The van der Waals surface area contributed by atoms with Gasteiger partial charge in [-0.05, 0) is 41.5 Å². The van der Waals surface area contributed by atoms with E-state index >= 15 is 0 Å². The van der Waals surface area contributed by atoms with Crippen molar-refractivity contribution < 1.29 is 24.6 Å². The van der Waals surface area contributed by atoms with Crippen molar-refractivity contribution in [2.24, 2.45) is 5.41 Å². The summed E-state index contributed by atoms with van der Waals surface area (Å²) in [6.07, 6.45) is 6.64. The number of piperidine rings is 1. The lowest BCUT2D eigenvalue weighted by molar-refractivity contribution is -0.260. The lowest BCUT2D eigenvalue weighted by Crippen LogP contribution is -2.61. The van der Waals surface area contributed by atoms with Crippen LogP contribution in [0.1, 0.15) is 54.4 Å². The Labute approximate surface area is 143 Å². The molecule has 6 nitrogen and oxygen atoms in total. The van der Waals surface area contributed by atoms with Crippen LogP contribution in [0.4, 0.5) is 0 Å². The number of hydrogen-bond acceptors (Lipinski definition) is 5. The van der Waals surface area contributed by atoms with Crippen LogP contribution < -0.4 is 0 Å². The zero-order valence-corrected chi connectivity index (χ0v) is 15.4. The van der Waals surface area contributed by atoms with Gasteiger partial charge in [0, 0.05) is 23.9 Å². The summed E-state index contributed by atoms with van der Waals surface area (Å²) in [5.41, 5.74) is -2.90. The van der Waals surface area contributed by atoms with E-state index in [0.29, 0.717) is 12.8 Å². The number of carbonyl (C=O) groups excluding carboxylic acids is 1. The zero-order valence-electron chi connectivity index (χ0n) is 15.4. The van der Waals surface area contributed by atoms with Crippen molar-refractivity contribution in [3.05, 3.63) is 24.3 Å². The second-order valence-electron chi connectivity index (χ2n) is 7.76. The summed E-state index contributed by atoms with van der Waals surface area (Å²) in [5.74, 6) is -2.05. The van der Waals surface area contributed by atoms with Gasteiger partial charge in [0.05, 0.1) is 0 Å². The summed E-state index contributed by atoms with van der Waals surface area (Å²) >= 11 is 0. The molecule has 0 saturated carbocycles. The van der Waals surface area contributed by atoms with E-state index in [1.807, 2.05) is 27.7 Å². The van der Waals surface area contributed by atoms with Crippen molar-refractivity contribution in [2.45, 2.75) is 71.6 Å². The minimum atomic E-state index is -1.75. The van der Waals surface area contributed by atoms with E-state index < -0.39 is 34.5 Å². The Kier molecular flexibility index (Phi) is 6.00. The maximum atomic E-state index is 12.5. The first-order chi connectivity index (χ1) is 10.9. The fourth-order valence-electron chi connectivity index (χ4n) is 3.12. The predicted octanol–water partition coefficient (Wildman–Crippen LogP) is 3.16. The predicted molar refractivity (Wildman–Crippen MR) is 90.6 cm³/mol. The van der Waals surface area contributed by atoms with Crippen LogP contribution in [0.2, 0.25) is 0 Å². The Morgan fingerprint density at radius 2 is 1.67 bits per heavy atom. The van der Waals surface area contributed by atoms with Crippen molar-refractivity contribution >= 4 is 11.9 Å². The van der Waals surface area contributed by atoms with E-state index in [-0.39, 0.29) is 0 Å². The van der Waals surface area contributed by atoms with Gasteiger partial charge in [0.1, 0.15) is 6.10 Å². The average molecular weight is 339 g/mol. The molecule has 0 bridgehead atoms. The van der Waals surface area contributed by atoms with Gasteiger partial charge in [0.25, 0.3) is 0 Å². The van der Waals surface area contributed by atoms with E-state index in [0.717, 1.165) is 0 Å². The Balaban J connectivity index is 2.98. The smallest absolute Gasteiger partial charge is 0.327 e. The highest BCUT2D eigenvalue weighted by molar-refractivity contribution is 6.01. The molecule has 24 heavy (non-hydrogen) atoms. The molecule has 0 radical (unpaired) electrons. The van der Waals surface area contributed by atoms with Gasteiger partial charge in [-0.15, -0.1) is 0 Å². The third-order valence-corrected chi connectivity index (χ3v) is 4.48. The zero-order chi connectivity index (χ0) is 18.8. The third-order valence-electron chi connectivity index (χ3n) is 4.48. The fourth-order valence-corrected chi connectivity index (χ4v) is 3.12. The fraction of sp³-hybridized carbons (Fsp3) is 0.667. The van der Waals surface area contributed by atoms with Gasteiger partial charge >= 0.3 is 11.9 Å². The molecule has 0 aromatic carbocycles. The Bertz CT molecular complexity index is 532. The molecular formula is C18H29NO5. The molecule has 1 fully saturated rings. The summed E-state index contributed by atoms with van der Waals surface area (Å²) in [6.45, 7) is 10.6. The van der Waals surface area contributed by atoms with Crippen LogP contribution in [0.25, 0.3) is 0 Å². The lowest BCUT2D eigenvalue weighted by atomic mass is 9.80. The van der Waals surface area contributed by atoms with Crippen molar-refractivity contribution in [3.8, 4) is 0 Å². The molecule has 1 aliphatic rings. The van der Waals surface area contributed by atoms with E-state index in [1.165, 1.54) is 24.1 Å². The van der Waals surface area contributed by atoms with Gasteiger partial charge in [-0.2, -0.15) is 5.06 Å². The van der Waals surface area contributed by atoms with Crippen LogP contribution in [0.15, 0.2) is 24.3 Å². The summed E-state index contributed by atoms with van der Waals surface area (Å²) in [5, 5.41) is 21.0. The van der Waals surface area contributed by atoms with Crippen LogP contribution in [0.3, 0.4) is 0 Å². The largest absolute Gasteiger partial charge is 0.480 e. The van der Waals surface area contributed by atoms with Crippen molar-refractivity contribution in [3.63, 3.8) is 0 Å². The number of esters is 1. The molecule has 1 atom stereocenters. The number of aliphatic carboxylic acids is 1. The van der Waals surface area contributed by atoms with Crippen LogP contribution in [-0.4, -0.2) is 44.5 Å². The Morgan fingerprint density at radius 1 is 1.17 bits per heavy atom. The number of allylic oxidation sites excluding steroid dienone is 3. The van der Waals surface area contributed by atoms with Crippen molar-refractivity contribution in [1.29, 1.82) is 0 Å². The van der Waals surface area contributed by atoms with E-state index in [9.17, 15) is 19.9 Å². The highest BCUT2D eigenvalue weighted by Gasteiger charge is 2.48. The monoisotopic (exact) mass is 339 g/mol. The molecule has 0 spiro atoms. The van der Waals surface area contributed by atoms with E-state index in [2.05, 4.69) is 0 Å². The number of hydrogen-bond donors (Lipinski definition) is 2. The van der Waals surface area contributed by atoms with Gasteiger partial charge in [-0.25, -0.2) is 0 Å². The summed E-state index contributed by atoms with van der Waals surface area (Å²) in [6, 6.07) is 0. The number of carboxylic acid groups (broad SMARTS) is 1. The topological polar surface area (TPSA) is 87.1 Å².